The third kappa shape index (κ3) is 3.78. The van der Waals surface area contributed by atoms with Crippen LogP contribution in [-0.4, -0.2) is 23.8 Å². The highest BCUT2D eigenvalue weighted by Gasteiger charge is 2.02. The van der Waals surface area contributed by atoms with Gasteiger partial charge in [-0.15, -0.1) is 0 Å². The van der Waals surface area contributed by atoms with Crippen LogP contribution in [0.4, 0.5) is 0 Å². The Balaban J connectivity index is 2.46. The molecule has 0 saturated carbocycles. The fraction of sp³-hybridized carbons (Fsp3) is 0.250. The van der Waals surface area contributed by atoms with Crippen LogP contribution in [0.3, 0.4) is 0 Å². The smallest absolute Gasteiger partial charge is 0.316 e. The lowest BCUT2D eigenvalue weighted by Crippen LogP contribution is -2.02. The van der Waals surface area contributed by atoms with Gasteiger partial charge in [-0.25, -0.2) is 4.98 Å². The highest BCUT2D eigenvalue weighted by Crippen LogP contribution is 2.17. The number of halogens is 1. The molecule has 0 radical (unpaired) electrons. The molecule has 1 heterocycles. The third-order valence-corrected chi connectivity index (χ3v) is 2.65. The van der Waals surface area contributed by atoms with Crippen LogP contribution in [0.2, 0.25) is 0 Å². The van der Waals surface area contributed by atoms with Crippen molar-refractivity contribution in [1.82, 2.24) is 4.98 Å². The Labute approximate surface area is 89.0 Å². The van der Waals surface area contributed by atoms with Gasteiger partial charge in [0.05, 0.1) is 17.9 Å². The summed E-state index contributed by atoms with van der Waals surface area (Å²) >= 11 is 4.63. The fourth-order valence-corrected chi connectivity index (χ4v) is 1.55. The van der Waals surface area contributed by atoms with E-state index < -0.39 is 0 Å². The zero-order chi connectivity index (χ0) is 9.68. The van der Waals surface area contributed by atoms with Crippen molar-refractivity contribution in [3.8, 4) is 0 Å². The number of carbonyl (C=O) groups is 1. The van der Waals surface area contributed by atoms with Crippen LogP contribution in [0.5, 0.6) is 0 Å². The average Bonchev–Trinajstić information content (AvgIpc) is 2.16. The quantitative estimate of drug-likeness (QED) is 0.617. The standard InChI is InChI=1S/C8H8BrNO2S/c1-12-8(11)5-13-7-3-2-6(9)4-10-7/h2-4H,5H2,1H3. The van der Waals surface area contributed by atoms with Crippen LogP contribution >= 0.6 is 27.7 Å². The summed E-state index contributed by atoms with van der Waals surface area (Å²) in [4.78, 5) is 14.9. The lowest BCUT2D eigenvalue weighted by atomic mass is 10.5. The van der Waals surface area contributed by atoms with E-state index in [9.17, 15) is 4.79 Å². The molecule has 0 spiro atoms. The van der Waals surface area contributed by atoms with Crippen molar-refractivity contribution < 1.29 is 9.53 Å². The largest absolute Gasteiger partial charge is 0.468 e. The second-order valence-electron chi connectivity index (χ2n) is 2.18. The number of methoxy groups -OCH3 is 1. The molecule has 3 nitrogen and oxygen atoms in total. The van der Waals surface area contributed by atoms with Gasteiger partial charge in [-0.05, 0) is 28.1 Å². The molecule has 0 aromatic carbocycles. The van der Waals surface area contributed by atoms with Crippen molar-refractivity contribution in [3.05, 3.63) is 22.8 Å². The van der Waals surface area contributed by atoms with Gasteiger partial charge >= 0.3 is 5.97 Å². The lowest BCUT2D eigenvalue weighted by Gasteiger charge is -1.98. The van der Waals surface area contributed by atoms with Crippen molar-refractivity contribution in [3.63, 3.8) is 0 Å². The van der Waals surface area contributed by atoms with E-state index in [1.165, 1.54) is 18.9 Å². The van der Waals surface area contributed by atoms with Gasteiger partial charge in [0.2, 0.25) is 0 Å². The van der Waals surface area contributed by atoms with Crippen molar-refractivity contribution in [2.75, 3.05) is 12.9 Å². The van der Waals surface area contributed by atoms with Crippen molar-refractivity contribution >= 4 is 33.7 Å². The van der Waals surface area contributed by atoms with Crippen LogP contribution < -0.4 is 0 Å². The first-order valence-electron chi connectivity index (χ1n) is 3.53. The monoisotopic (exact) mass is 261 g/mol. The predicted molar refractivity (Wildman–Crippen MR) is 54.7 cm³/mol. The predicted octanol–water partition coefficient (Wildman–Crippen LogP) is 2.11. The Bertz CT molecular complexity index is 289. The molecule has 1 aromatic heterocycles. The Morgan fingerprint density at radius 3 is 3.00 bits per heavy atom. The second-order valence-corrected chi connectivity index (χ2v) is 4.09. The maximum atomic E-state index is 10.8. The van der Waals surface area contributed by atoms with Crippen molar-refractivity contribution in [1.29, 1.82) is 0 Å². The van der Waals surface area contributed by atoms with Crippen LogP contribution in [0.15, 0.2) is 27.8 Å². The highest BCUT2D eigenvalue weighted by molar-refractivity contribution is 9.10. The van der Waals surface area contributed by atoms with E-state index in [0.29, 0.717) is 5.75 Å². The van der Waals surface area contributed by atoms with E-state index in [0.717, 1.165) is 9.50 Å². The molecule has 1 rings (SSSR count). The Morgan fingerprint density at radius 1 is 1.69 bits per heavy atom. The van der Waals surface area contributed by atoms with E-state index in [2.05, 4.69) is 25.7 Å². The van der Waals surface area contributed by atoms with Gasteiger partial charge in [0.1, 0.15) is 0 Å². The van der Waals surface area contributed by atoms with Crippen LogP contribution in [-0.2, 0) is 9.53 Å². The number of thioether (sulfide) groups is 1. The molecule has 0 aliphatic heterocycles. The Kier molecular flexibility index (Phi) is 4.24. The number of hydrogen-bond donors (Lipinski definition) is 0. The summed E-state index contributed by atoms with van der Waals surface area (Å²) in [5, 5.41) is 0.814. The minimum Gasteiger partial charge on any atom is -0.468 e. The summed E-state index contributed by atoms with van der Waals surface area (Å²) in [5.41, 5.74) is 0. The van der Waals surface area contributed by atoms with Gasteiger partial charge in [0.15, 0.2) is 0 Å². The number of rotatable bonds is 3. The normalized spacial score (nSPS) is 9.69. The van der Waals surface area contributed by atoms with E-state index in [1.54, 1.807) is 6.20 Å². The maximum Gasteiger partial charge on any atom is 0.316 e. The van der Waals surface area contributed by atoms with Gasteiger partial charge in [-0.2, -0.15) is 0 Å². The van der Waals surface area contributed by atoms with Crippen molar-refractivity contribution in [2.24, 2.45) is 0 Å². The van der Waals surface area contributed by atoms with Crippen LogP contribution in [0, 0.1) is 0 Å². The lowest BCUT2D eigenvalue weighted by molar-refractivity contribution is -0.137. The molecular formula is C8H8BrNO2S. The molecule has 13 heavy (non-hydrogen) atoms. The molecule has 0 saturated heterocycles. The molecule has 70 valence electrons. The summed E-state index contributed by atoms with van der Waals surface area (Å²) in [7, 11) is 1.37. The van der Waals surface area contributed by atoms with Gasteiger partial charge in [0, 0.05) is 10.7 Å². The van der Waals surface area contributed by atoms with Gasteiger partial charge < -0.3 is 4.74 Å². The van der Waals surface area contributed by atoms with E-state index in [1.807, 2.05) is 12.1 Å². The Morgan fingerprint density at radius 2 is 2.46 bits per heavy atom. The topological polar surface area (TPSA) is 39.2 Å². The first kappa shape index (κ1) is 10.5. The molecule has 0 fully saturated rings. The molecule has 5 heteroatoms. The molecule has 0 atom stereocenters. The number of nitrogens with zero attached hydrogens (tertiary/aromatic N) is 1. The van der Waals surface area contributed by atoms with Gasteiger partial charge in [-0.1, -0.05) is 11.8 Å². The number of carbonyl (C=O) groups excluding carboxylic acids is 1. The molecule has 0 amide bonds. The minimum atomic E-state index is -0.241. The summed E-state index contributed by atoms with van der Waals surface area (Å²) in [6.07, 6.45) is 1.69. The highest BCUT2D eigenvalue weighted by atomic mass is 79.9. The van der Waals surface area contributed by atoms with E-state index in [4.69, 9.17) is 0 Å². The van der Waals surface area contributed by atoms with Crippen molar-refractivity contribution in [2.45, 2.75) is 5.03 Å². The summed E-state index contributed by atoms with van der Waals surface area (Å²) < 4.78 is 5.42. The molecule has 0 aliphatic rings. The molecular weight excluding hydrogens is 254 g/mol. The molecule has 1 aromatic rings. The number of esters is 1. The fourth-order valence-electron chi connectivity index (χ4n) is 0.639. The summed E-state index contributed by atoms with van der Waals surface area (Å²) in [5.74, 6) is 0.0558. The van der Waals surface area contributed by atoms with E-state index >= 15 is 0 Å². The molecule has 0 bridgehead atoms. The number of aromatic nitrogens is 1. The zero-order valence-electron chi connectivity index (χ0n) is 6.99. The van der Waals surface area contributed by atoms with E-state index in [-0.39, 0.29) is 5.97 Å². The summed E-state index contributed by atoms with van der Waals surface area (Å²) in [6.45, 7) is 0. The number of ether oxygens (including phenoxy) is 1. The SMILES string of the molecule is COC(=O)CSc1ccc(Br)cn1. The van der Waals surface area contributed by atoms with Gasteiger partial charge in [0.25, 0.3) is 0 Å². The summed E-state index contributed by atoms with van der Waals surface area (Å²) in [6, 6.07) is 3.73. The Hall–Kier alpha value is -0.550. The number of hydrogen-bond acceptors (Lipinski definition) is 4. The maximum absolute atomic E-state index is 10.8. The van der Waals surface area contributed by atoms with Crippen LogP contribution in [0.1, 0.15) is 0 Å². The second kappa shape index (κ2) is 5.24. The first-order chi connectivity index (χ1) is 6.22. The molecule has 0 unspecified atom stereocenters. The minimum absolute atomic E-state index is 0.241. The van der Waals surface area contributed by atoms with Gasteiger partial charge in [-0.3, -0.25) is 4.79 Å². The number of pyridine rings is 1. The van der Waals surface area contributed by atoms with Crippen LogP contribution in [0.25, 0.3) is 0 Å². The first-order valence-corrected chi connectivity index (χ1v) is 5.31. The average molecular weight is 262 g/mol. The molecule has 0 N–H and O–H groups in total. The zero-order valence-corrected chi connectivity index (χ0v) is 9.39. The third-order valence-electron chi connectivity index (χ3n) is 1.27. The molecule has 0 aliphatic carbocycles.